The average molecular weight is 250 g/mol. The van der Waals surface area contributed by atoms with Crippen molar-refractivity contribution >= 4 is 5.91 Å². The van der Waals surface area contributed by atoms with Crippen LogP contribution in [-0.4, -0.2) is 28.3 Å². The van der Waals surface area contributed by atoms with E-state index >= 15 is 0 Å². The maximum absolute atomic E-state index is 12.1. The van der Waals surface area contributed by atoms with Gasteiger partial charge in [-0.3, -0.25) is 9.48 Å². The van der Waals surface area contributed by atoms with E-state index in [0.717, 1.165) is 5.69 Å². The van der Waals surface area contributed by atoms with E-state index in [1.54, 1.807) is 10.7 Å². The van der Waals surface area contributed by atoms with Crippen molar-refractivity contribution in [3.05, 3.63) is 17.5 Å². The highest BCUT2D eigenvalue weighted by atomic mass is 16.2. The lowest BCUT2D eigenvalue weighted by Gasteiger charge is -2.22. The van der Waals surface area contributed by atoms with E-state index in [0.29, 0.717) is 18.2 Å². The molecule has 0 radical (unpaired) electrons. The number of nitrogens with zero attached hydrogens (tertiary/aromatic N) is 2. The van der Waals surface area contributed by atoms with Gasteiger partial charge in [0.05, 0.1) is 0 Å². The third-order valence-corrected chi connectivity index (χ3v) is 3.89. The van der Waals surface area contributed by atoms with E-state index in [1.165, 1.54) is 25.7 Å². The first-order chi connectivity index (χ1) is 8.61. The van der Waals surface area contributed by atoms with E-state index < -0.39 is 0 Å². The monoisotopic (exact) mass is 250 g/mol. The fourth-order valence-corrected chi connectivity index (χ4v) is 2.64. The van der Waals surface area contributed by atoms with Gasteiger partial charge in [-0.15, -0.1) is 0 Å². The van der Waals surface area contributed by atoms with E-state index in [4.69, 9.17) is 5.73 Å². The molecule has 3 N–H and O–H groups in total. The van der Waals surface area contributed by atoms with Crippen LogP contribution in [0.3, 0.4) is 0 Å². The zero-order chi connectivity index (χ0) is 13.1. The lowest BCUT2D eigenvalue weighted by atomic mass is 9.98. The maximum atomic E-state index is 12.1. The topological polar surface area (TPSA) is 72.9 Å². The van der Waals surface area contributed by atoms with Crippen LogP contribution < -0.4 is 11.1 Å². The van der Waals surface area contributed by atoms with Crippen molar-refractivity contribution in [2.45, 2.75) is 38.6 Å². The molecule has 0 spiro atoms. The first kappa shape index (κ1) is 13.1. The zero-order valence-corrected chi connectivity index (χ0v) is 11.1. The molecule has 1 aliphatic carbocycles. The van der Waals surface area contributed by atoms with Crippen LogP contribution in [0.15, 0.2) is 6.07 Å². The normalized spacial score (nSPS) is 17.9. The third-order valence-electron chi connectivity index (χ3n) is 3.89. The minimum atomic E-state index is -0.110. The molecule has 2 rings (SSSR count). The molecule has 5 heteroatoms. The predicted octanol–water partition coefficient (Wildman–Crippen LogP) is 0.976. The van der Waals surface area contributed by atoms with Gasteiger partial charge < -0.3 is 11.1 Å². The molecule has 0 aromatic carbocycles. The summed E-state index contributed by atoms with van der Waals surface area (Å²) >= 11 is 0. The quantitative estimate of drug-likeness (QED) is 0.836. The van der Waals surface area contributed by atoms with Crippen LogP contribution in [0.2, 0.25) is 0 Å². The number of rotatable bonds is 4. The molecule has 0 bridgehead atoms. The molecule has 0 aliphatic heterocycles. The molecule has 1 fully saturated rings. The Morgan fingerprint density at radius 3 is 2.78 bits per heavy atom. The fraction of sp³-hybridized carbons (Fsp3) is 0.692. The molecule has 0 saturated heterocycles. The van der Waals surface area contributed by atoms with Gasteiger partial charge in [-0.25, -0.2) is 0 Å². The number of aromatic nitrogens is 2. The Hall–Kier alpha value is -1.36. The fourth-order valence-electron chi connectivity index (χ4n) is 2.64. The maximum Gasteiger partial charge on any atom is 0.272 e. The average Bonchev–Trinajstić information content (AvgIpc) is 2.97. The highest BCUT2D eigenvalue weighted by molar-refractivity contribution is 5.92. The number of nitrogens with one attached hydrogen (secondary N) is 1. The van der Waals surface area contributed by atoms with Gasteiger partial charge in [0.2, 0.25) is 0 Å². The van der Waals surface area contributed by atoms with Crippen LogP contribution in [-0.2, 0) is 7.05 Å². The minimum Gasteiger partial charge on any atom is -0.346 e. The van der Waals surface area contributed by atoms with Crippen LogP contribution in [0.1, 0.15) is 41.9 Å². The van der Waals surface area contributed by atoms with E-state index in [2.05, 4.69) is 10.4 Å². The molecule has 1 unspecified atom stereocenters. The van der Waals surface area contributed by atoms with Gasteiger partial charge in [0.1, 0.15) is 5.69 Å². The van der Waals surface area contributed by atoms with Crippen LogP contribution in [0.4, 0.5) is 0 Å². The Bertz CT molecular complexity index is 401. The Morgan fingerprint density at radius 2 is 2.28 bits per heavy atom. The zero-order valence-electron chi connectivity index (χ0n) is 11.1. The molecule has 1 heterocycles. The number of carbonyl (C=O) groups is 1. The lowest BCUT2D eigenvalue weighted by molar-refractivity contribution is 0.0918. The number of aryl methyl sites for hydroxylation is 2. The second kappa shape index (κ2) is 5.52. The Balaban J connectivity index is 2.00. The first-order valence-corrected chi connectivity index (χ1v) is 6.63. The van der Waals surface area contributed by atoms with Crippen molar-refractivity contribution in [2.75, 3.05) is 6.54 Å². The molecule has 1 amide bonds. The summed E-state index contributed by atoms with van der Waals surface area (Å²) in [6.07, 6.45) is 4.84. The van der Waals surface area contributed by atoms with Crippen molar-refractivity contribution in [3.8, 4) is 0 Å². The number of amides is 1. The Labute approximate surface area is 108 Å². The van der Waals surface area contributed by atoms with Crippen LogP contribution in [0.25, 0.3) is 0 Å². The standard InChI is InChI=1S/C13H22N4O/c1-9-7-11(16-17(9)2)13(18)15-12(8-14)10-5-3-4-6-10/h7,10,12H,3-6,8,14H2,1-2H3,(H,15,18). The van der Waals surface area contributed by atoms with Gasteiger partial charge in [0.25, 0.3) is 5.91 Å². The summed E-state index contributed by atoms with van der Waals surface area (Å²) in [5.41, 5.74) is 7.23. The molecule has 5 nitrogen and oxygen atoms in total. The summed E-state index contributed by atoms with van der Waals surface area (Å²) < 4.78 is 1.71. The second-order valence-electron chi connectivity index (χ2n) is 5.15. The lowest BCUT2D eigenvalue weighted by Crippen LogP contribution is -2.44. The third kappa shape index (κ3) is 2.72. The summed E-state index contributed by atoms with van der Waals surface area (Å²) in [4.78, 5) is 12.1. The highest BCUT2D eigenvalue weighted by Gasteiger charge is 2.26. The summed E-state index contributed by atoms with van der Waals surface area (Å²) in [5, 5.41) is 7.21. The molecule has 1 aromatic heterocycles. The largest absolute Gasteiger partial charge is 0.346 e. The van der Waals surface area contributed by atoms with Crippen LogP contribution in [0.5, 0.6) is 0 Å². The van der Waals surface area contributed by atoms with Crippen molar-refractivity contribution in [3.63, 3.8) is 0 Å². The summed E-state index contributed by atoms with van der Waals surface area (Å²) in [7, 11) is 1.84. The first-order valence-electron chi connectivity index (χ1n) is 6.63. The van der Waals surface area contributed by atoms with E-state index in [9.17, 15) is 4.79 Å². The van der Waals surface area contributed by atoms with E-state index in [1.807, 2.05) is 14.0 Å². The van der Waals surface area contributed by atoms with Crippen LogP contribution in [0, 0.1) is 12.8 Å². The van der Waals surface area contributed by atoms with Gasteiger partial charge in [0, 0.05) is 25.3 Å². The van der Waals surface area contributed by atoms with Crippen LogP contribution >= 0.6 is 0 Å². The predicted molar refractivity (Wildman–Crippen MR) is 70.2 cm³/mol. The number of nitrogens with two attached hydrogens (primary N) is 1. The number of hydrogen-bond donors (Lipinski definition) is 2. The van der Waals surface area contributed by atoms with Gasteiger partial charge in [-0.2, -0.15) is 5.10 Å². The molecule has 1 atom stereocenters. The SMILES string of the molecule is Cc1cc(C(=O)NC(CN)C2CCCC2)nn1C. The van der Waals surface area contributed by atoms with Crippen molar-refractivity contribution in [2.24, 2.45) is 18.7 Å². The number of carbonyl (C=O) groups excluding carboxylic acids is 1. The highest BCUT2D eigenvalue weighted by Crippen LogP contribution is 2.27. The van der Waals surface area contributed by atoms with Gasteiger partial charge in [-0.05, 0) is 31.7 Å². The van der Waals surface area contributed by atoms with Gasteiger partial charge in [0.15, 0.2) is 0 Å². The van der Waals surface area contributed by atoms with Gasteiger partial charge >= 0.3 is 0 Å². The molecule has 100 valence electrons. The second-order valence-corrected chi connectivity index (χ2v) is 5.15. The van der Waals surface area contributed by atoms with Gasteiger partial charge in [-0.1, -0.05) is 12.8 Å². The summed E-state index contributed by atoms with van der Waals surface area (Å²) in [5.74, 6) is 0.421. The molecule has 1 aromatic rings. The van der Waals surface area contributed by atoms with E-state index in [-0.39, 0.29) is 11.9 Å². The molecular formula is C13H22N4O. The summed E-state index contributed by atoms with van der Waals surface area (Å²) in [6, 6.07) is 1.89. The Kier molecular flexibility index (Phi) is 4.01. The Morgan fingerprint density at radius 1 is 1.61 bits per heavy atom. The molecule has 1 saturated carbocycles. The number of hydrogen-bond acceptors (Lipinski definition) is 3. The minimum absolute atomic E-state index is 0.0855. The smallest absolute Gasteiger partial charge is 0.272 e. The molecular weight excluding hydrogens is 228 g/mol. The molecule has 18 heavy (non-hydrogen) atoms. The van der Waals surface area contributed by atoms with Crippen molar-refractivity contribution in [1.29, 1.82) is 0 Å². The van der Waals surface area contributed by atoms with Crippen molar-refractivity contribution in [1.82, 2.24) is 15.1 Å². The van der Waals surface area contributed by atoms with Crippen molar-refractivity contribution < 1.29 is 4.79 Å². The summed E-state index contributed by atoms with van der Waals surface area (Å²) in [6.45, 7) is 2.43. The molecule has 1 aliphatic rings.